The smallest absolute Gasteiger partial charge is 0.358 e. The summed E-state index contributed by atoms with van der Waals surface area (Å²) in [4.78, 5) is 21.8. The van der Waals surface area contributed by atoms with Gasteiger partial charge in [0, 0.05) is 5.56 Å². The molecule has 1 aromatic carbocycles. The van der Waals surface area contributed by atoms with Crippen molar-refractivity contribution < 1.29 is 9.72 Å². The summed E-state index contributed by atoms with van der Waals surface area (Å²) in [7, 11) is 0. The lowest BCUT2D eigenvalue weighted by molar-refractivity contribution is -0.389. The summed E-state index contributed by atoms with van der Waals surface area (Å²) < 4.78 is 1.21. The Labute approximate surface area is 140 Å². The lowest BCUT2D eigenvalue weighted by Crippen LogP contribution is -2.24. The maximum Gasteiger partial charge on any atom is 0.390 e. The van der Waals surface area contributed by atoms with Crippen LogP contribution in [0.1, 0.15) is 11.3 Å². The molecule has 0 spiro atoms. The lowest BCUT2D eigenvalue weighted by atomic mass is 10.2. The standard InChI is InChI=1S/C13H11Cl2N5O3/c1-8-5-12(20(22)23)18-19(8)7-13(21)17-16-6-9-10(14)3-2-4-11(9)15/h2-6H,7H2,1H3,(H,17,21). The topological polar surface area (TPSA) is 102 Å². The molecule has 0 aliphatic carbocycles. The summed E-state index contributed by atoms with van der Waals surface area (Å²) in [5.74, 6) is -0.813. The molecule has 8 nitrogen and oxygen atoms in total. The van der Waals surface area contributed by atoms with Crippen LogP contribution in [0, 0.1) is 17.0 Å². The van der Waals surface area contributed by atoms with E-state index in [4.69, 9.17) is 23.2 Å². The molecule has 2 rings (SSSR count). The number of hydrogen-bond donors (Lipinski definition) is 1. The van der Waals surface area contributed by atoms with Gasteiger partial charge in [-0.1, -0.05) is 29.3 Å². The van der Waals surface area contributed by atoms with Crippen LogP contribution in [0.15, 0.2) is 29.4 Å². The molecule has 1 heterocycles. The maximum absolute atomic E-state index is 11.8. The molecule has 0 saturated carbocycles. The highest BCUT2D eigenvalue weighted by Crippen LogP contribution is 2.21. The second-order valence-corrected chi connectivity index (χ2v) is 5.30. The molecule has 1 aromatic heterocycles. The Morgan fingerprint density at radius 3 is 2.70 bits per heavy atom. The second kappa shape index (κ2) is 7.21. The van der Waals surface area contributed by atoms with E-state index in [1.54, 1.807) is 25.1 Å². The molecular weight excluding hydrogens is 345 g/mol. The molecule has 0 unspecified atom stereocenters. The van der Waals surface area contributed by atoms with Crippen LogP contribution in [0.4, 0.5) is 5.82 Å². The van der Waals surface area contributed by atoms with E-state index in [0.29, 0.717) is 21.3 Å². The predicted molar refractivity (Wildman–Crippen MR) is 85.8 cm³/mol. The third kappa shape index (κ3) is 4.27. The average molecular weight is 356 g/mol. The molecule has 1 amide bonds. The Kier molecular flexibility index (Phi) is 5.30. The molecule has 1 N–H and O–H groups in total. The number of carbonyl (C=O) groups excluding carboxylic acids is 1. The van der Waals surface area contributed by atoms with Crippen molar-refractivity contribution in [2.75, 3.05) is 0 Å². The number of aromatic nitrogens is 2. The molecule has 0 bridgehead atoms. The number of halogens is 2. The quantitative estimate of drug-likeness (QED) is 0.505. The summed E-state index contributed by atoms with van der Waals surface area (Å²) in [6.07, 6.45) is 1.32. The van der Waals surface area contributed by atoms with Crippen molar-refractivity contribution in [1.29, 1.82) is 0 Å². The van der Waals surface area contributed by atoms with E-state index in [9.17, 15) is 14.9 Å². The van der Waals surface area contributed by atoms with E-state index in [0.717, 1.165) is 0 Å². The molecule has 0 radical (unpaired) electrons. The van der Waals surface area contributed by atoms with E-state index < -0.39 is 10.8 Å². The number of nitrogens with one attached hydrogen (secondary N) is 1. The number of nitrogens with zero attached hydrogens (tertiary/aromatic N) is 4. The number of carbonyl (C=O) groups is 1. The number of hydrogen-bond acceptors (Lipinski definition) is 5. The summed E-state index contributed by atoms with van der Waals surface area (Å²) in [5, 5.41) is 18.9. The normalized spacial score (nSPS) is 10.9. The SMILES string of the molecule is Cc1cc([N+](=O)[O-])nn1CC(=O)NN=Cc1c(Cl)cccc1Cl. The highest BCUT2D eigenvalue weighted by Gasteiger charge is 2.17. The Balaban J connectivity index is 2.00. The van der Waals surface area contributed by atoms with Gasteiger partial charge in [-0.05, 0) is 24.0 Å². The third-order valence-electron chi connectivity index (χ3n) is 2.83. The predicted octanol–water partition coefficient (Wildman–Crippen LogP) is 2.56. The highest BCUT2D eigenvalue weighted by atomic mass is 35.5. The zero-order valence-corrected chi connectivity index (χ0v) is 13.4. The summed E-state index contributed by atoms with van der Waals surface area (Å²) in [6.45, 7) is 1.41. The van der Waals surface area contributed by atoms with Gasteiger partial charge in [-0.15, -0.1) is 0 Å². The van der Waals surface area contributed by atoms with Gasteiger partial charge in [-0.3, -0.25) is 4.79 Å². The van der Waals surface area contributed by atoms with Crippen LogP contribution in [0.2, 0.25) is 10.0 Å². The van der Waals surface area contributed by atoms with Crippen molar-refractivity contribution in [2.45, 2.75) is 13.5 Å². The van der Waals surface area contributed by atoms with Crippen LogP contribution in [0.25, 0.3) is 0 Å². The number of rotatable bonds is 5. The zero-order chi connectivity index (χ0) is 17.0. The first-order valence-corrected chi connectivity index (χ1v) is 7.09. The van der Waals surface area contributed by atoms with Gasteiger partial charge >= 0.3 is 5.82 Å². The fourth-order valence-electron chi connectivity index (χ4n) is 1.72. The number of aryl methyl sites for hydroxylation is 1. The van der Waals surface area contributed by atoms with Crippen LogP contribution < -0.4 is 5.43 Å². The highest BCUT2D eigenvalue weighted by molar-refractivity contribution is 6.38. The molecule has 0 fully saturated rings. The van der Waals surface area contributed by atoms with Crippen LogP contribution in [0.5, 0.6) is 0 Å². The van der Waals surface area contributed by atoms with E-state index >= 15 is 0 Å². The van der Waals surface area contributed by atoms with Crippen molar-refractivity contribution in [3.05, 3.63) is 55.7 Å². The Morgan fingerprint density at radius 2 is 2.13 bits per heavy atom. The van der Waals surface area contributed by atoms with Crippen molar-refractivity contribution in [3.8, 4) is 0 Å². The molecule has 0 aliphatic rings. The van der Waals surface area contributed by atoms with Crippen LogP contribution in [-0.4, -0.2) is 26.8 Å². The third-order valence-corrected chi connectivity index (χ3v) is 3.49. The number of nitro groups is 1. The van der Waals surface area contributed by atoms with Crippen molar-refractivity contribution in [1.82, 2.24) is 15.2 Å². The van der Waals surface area contributed by atoms with Crippen LogP contribution in [-0.2, 0) is 11.3 Å². The minimum Gasteiger partial charge on any atom is -0.358 e. The average Bonchev–Trinajstić information content (AvgIpc) is 2.83. The second-order valence-electron chi connectivity index (χ2n) is 4.49. The van der Waals surface area contributed by atoms with Gasteiger partial charge < -0.3 is 10.1 Å². The first-order chi connectivity index (χ1) is 10.9. The largest absolute Gasteiger partial charge is 0.390 e. The van der Waals surface area contributed by atoms with Gasteiger partial charge in [0.05, 0.1) is 33.1 Å². The van der Waals surface area contributed by atoms with Crippen molar-refractivity contribution in [3.63, 3.8) is 0 Å². The number of amides is 1. The monoisotopic (exact) mass is 355 g/mol. The summed E-state index contributed by atoms with van der Waals surface area (Å²) in [6, 6.07) is 6.25. The Hall–Kier alpha value is -2.45. The van der Waals surface area contributed by atoms with Gasteiger partial charge in [0.1, 0.15) is 6.54 Å². The minimum absolute atomic E-state index is 0.201. The Morgan fingerprint density at radius 1 is 1.48 bits per heavy atom. The zero-order valence-electron chi connectivity index (χ0n) is 11.9. The molecular formula is C13H11Cl2N5O3. The van der Waals surface area contributed by atoms with Gasteiger partial charge in [0.15, 0.2) is 0 Å². The molecule has 23 heavy (non-hydrogen) atoms. The molecule has 0 aliphatic heterocycles. The van der Waals surface area contributed by atoms with Gasteiger partial charge in [-0.25, -0.2) is 5.43 Å². The fraction of sp³-hybridized carbons (Fsp3) is 0.154. The van der Waals surface area contributed by atoms with Crippen LogP contribution >= 0.6 is 23.2 Å². The van der Waals surface area contributed by atoms with E-state index in [1.165, 1.54) is 17.0 Å². The minimum atomic E-state index is -0.626. The van der Waals surface area contributed by atoms with Gasteiger partial charge in [-0.2, -0.15) is 9.78 Å². The summed E-state index contributed by atoms with van der Waals surface area (Å²) in [5.41, 5.74) is 3.25. The van der Waals surface area contributed by atoms with E-state index in [-0.39, 0.29) is 12.4 Å². The van der Waals surface area contributed by atoms with Crippen LogP contribution in [0.3, 0.4) is 0 Å². The molecule has 0 atom stereocenters. The molecule has 2 aromatic rings. The van der Waals surface area contributed by atoms with E-state index in [2.05, 4.69) is 15.6 Å². The van der Waals surface area contributed by atoms with Gasteiger partial charge in [0.25, 0.3) is 5.91 Å². The van der Waals surface area contributed by atoms with Crippen molar-refractivity contribution in [2.24, 2.45) is 5.10 Å². The molecule has 10 heteroatoms. The van der Waals surface area contributed by atoms with Gasteiger partial charge in [0.2, 0.25) is 0 Å². The van der Waals surface area contributed by atoms with Crippen molar-refractivity contribution >= 4 is 41.1 Å². The first kappa shape index (κ1) is 16.9. The maximum atomic E-state index is 11.8. The van der Waals surface area contributed by atoms with E-state index in [1.807, 2.05) is 0 Å². The summed E-state index contributed by atoms with van der Waals surface area (Å²) >= 11 is 11.9. The lowest BCUT2D eigenvalue weighted by Gasteiger charge is -2.01. The number of hydrazone groups is 1. The molecule has 120 valence electrons. The first-order valence-electron chi connectivity index (χ1n) is 6.33. The Bertz CT molecular complexity index is 768. The fourth-order valence-corrected chi connectivity index (χ4v) is 2.21. The number of benzene rings is 1. The molecule has 0 saturated heterocycles.